The second kappa shape index (κ2) is 11.7. The fraction of sp³-hybridized carbons (Fsp3) is 0.444. The minimum atomic E-state index is -2.62. The highest BCUT2D eigenvalue weighted by atomic mass is 32.1. The van der Waals surface area contributed by atoms with Crippen molar-refractivity contribution in [2.45, 2.75) is 25.2 Å². The molecule has 3 heterocycles. The molecule has 5 rings (SSSR count). The number of aromatic nitrogens is 2. The molecule has 0 atom stereocenters. The molecule has 11 heteroatoms. The molecule has 0 bridgehead atoms. The molecule has 0 unspecified atom stereocenters. The summed E-state index contributed by atoms with van der Waals surface area (Å²) >= 11 is 1.42. The molecule has 2 aliphatic rings. The lowest BCUT2D eigenvalue weighted by Gasteiger charge is -2.34. The molecule has 1 amide bonds. The first kappa shape index (κ1) is 26.5. The van der Waals surface area contributed by atoms with Crippen LogP contribution in [0.3, 0.4) is 0 Å². The van der Waals surface area contributed by atoms with Crippen molar-refractivity contribution < 1.29 is 27.8 Å². The third kappa shape index (κ3) is 6.64. The number of carbonyl (C=O) groups is 1. The summed E-state index contributed by atoms with van der Waals surface area (Å²) in [4.78, 5) is 24.5. The number of nitrogens with zero attached hydrogens (tertiary/aromatic N) is 3. The Morgan fingerprint density at radius 1 is 1.18 bits per heavy atom. The van der Waals surface area contributed by atoms with Crippen LogP contribution >= 0.6 is 11.3 Å². The van der Waals surface area contributed by atoms with Crippen LogP contribution in [0.15, 0.2) is 42.0 Å². The van der Waals surface area contributed by atoms with Crippen LogP contribution in [0.1, 0.15) is 19.3 Å². The Hall–Kier alpha value is -3.15. The number of anilines is 1. The van der Waals surface area contributed by atoms with Crippen molar-refractivity contribution in [3.63, 3.8) is 0 Å². The molecule has 38 heavy (non-hydrogen) atoms. The van der Waals surface area contributed by atoms with Gasteiger partial charge in [0.15, 0.2) is 11.5 Å². The van der Waals surface area contributed by atoms with E-state index in [1.54, 1.807) is 19.5 Å². The molecule has 1 saturated carbocycles. The van der Waals surface area contributed by atoms with E-state index in [0.717, 1.165) is 43.3 Å². The summed E-state index contributed by atoms with van der Waals surface area (Å²) in [5, 5.41) is 4.61. The Morgan fingerprint density at radius 2 is 1.97 bits per heavy atom. The zero-order valence-electron chi connectivity index (χ0n) is 21.1. The van der Waals surface area contributed by atoms with Gasteiger partial charge in [-0.25, -0.2) is 13.8 Å². The van der Waals surface area contributed by atoms with Crippen molar-refractivity contribution in [1.82, 2.24) is 14.9 Å². The van der Waals surface area contributed by atoms with Crippen LogP contribution in [-0.4, -0.2) is 73.3 Å². The predicted octanol–water partition coefficient (Wildman–Crippen LogP) is 4.97. The monoisotopic (exact) mass is 544 g/mol. The minimum absolute atomic E-state index is 0.102. The first-order valence-corrected chi connectivity index (χ1v) is 13.5. The molecule has 1 saturated heterocycles. The zero-order chi connectivity index (χ0) is 26.5. The van der Waals surface area contributed by atoms with Gasteiger partial charge in [-0.2, -0.15) is 0 Å². The SMILES string of the molecule is COc1cc(-c2cncc(-c3cc(NC(=O)CC4CC(F)(F)C4)cs3)n2)ccc1OCCN1CCOCC1. The quantitative estimate of drug-likeness (QED) is 0.386. The number of amides is 1. The van der Waals surface area contributed by atoms with Gasteiger partial charge in [-0.15, -0.1) is 11.3 Å². The maximum atomic E-state index is 13.0. The van der Waals surface area contributed by atoms with E-state index in [1.165, 1.54) is 11.3 Å². The largest absolute Gasteiger partial charge is 0.493 e. The predicted molar refractivity (Wildman–Crippen MR) is 141 cm³/mol. The van der Waals surface area contributed by atoms with Crippen molar-refractivity contribution in [3.05, 3.63) is 42.0 Å². The van der Waals surface area contributed by atoms with Gasteiger partial charge >= 0.3 is 0 Å². The third-order valence-corrected chi connectivity index (χ3v) is 7.60. The number of ether oxygens (including phenoxy) is 3. The molecule has 202 valence electrons. The number of halogens is 2. The van der Waals surface area contributed by atoms with Crippen molar-refractivity contribution >= 4 is 22.9 Å². The summed E-state index contributed by atoms with van der Waals surface area (Å²) in [6, 6.07) is 7.49. The number of rotatable bonds is 10. The molecule has 1 N–H and O–H groups in total. The molecular formula is C27H30F2N4O4S. The minimum Gasteiger partial charge on any atom is -0.493 e. The molecule has 2 fully saturated rings. The van der Waals surface area contributed by atoms with Crippen LogP contribution in [-0.2, 0) is 9.53 Å². The Labute approximate surface area is 224 Å². The van der Waals surface area contributed by atoms with Crippen molar-refractivity contribution in [1.29, 1.82) is 0 Å². The number of hydrogen-bond acceptors (Lipinski definition) is 8. The highest BCUT2D eigenvalue weighted by Gasteiger charge is 2.45. The maximum Gasteiger partial charge on any atom is 0.248 e. The lowest BCUT2D eigenvalue weighted by Crippen LogP contribution is -2.38. The van der Waals surface area contributed by atoms with E-state index in [1.807, 2.05) is 29.6 Å². The number of benzene rings is 1. The fourth-order valence-electron chi connectivity index (χ4n) is 4.62. The number of thiophene rings is 1. The van der Waals surface area contributed by atoms with Crippen LogP contribution in [0, 0.1) is 5.92 Å². The van der Waals surface area contributed by atoms with Gasteiger partial charge in [-0.05, 0) is 30.2 Å². The summed E-state index contributed by atoms with van der Waals surface area (Å²) in [6.07, 6.45) is 3.01. The molecule has 1 aromatic carbocycles. The average Bonchev–Trinajstić information content (AvgIpc) is 3.37. The molecule has 3 aromatic rings. The molecule has 1 aliphatic heterocycles. The Morgan fingerprint density at radius 3 is 2.74 bits per heavy atom. The van der Waals surface area contributed by atoms with Gasteiger partial charge in [0, 0.05) is 49.8 Å². The average molecular weight is 545 g/mol. The van der Waals surface area contributed by atoms with E-state index >= 15 is 0 Å². The highest BCUT2D eigenvalue weighted by Crippen LogP contribution is 2.44. The van der Waals surface area contributed by atoms with Gasteiger partial charge in [0.2, 0.25) is 11.8 Å². The number of nitrogens with one attached hydrogen (secondary N) is 1. The van der Waals surface area contributed by atoms with E-state index in [9.17, 15) is 13.6 Å². The van der Waals surface area contributed by atoms with Gasteiger partial charge in [0.05, 0.1) is 54.7 Å². The molecule has 8 nitrogen and oxygen atoms in total. The van der Waals surface area contributed by atoms with Crippen LogP contribution in [0.25, 0.3) is 21.8 Å². The van der Waals surface area contributed by atoms with Gasteiger partial charge in [0.1, 0.15) is 6.61 Å². The number of alkyl halides is 2. The summed E-state index contributed by atoms with van der Waals surface area (Å²) in [6.45, 7) is 4.70. The maximum absolute atomic E-state index is 13.0. The molecular weight excluding hydrogens is 514 g/mol. The van der Waals surface area contributed by atoms with Gasteiger partial charge in [-0.3, -0.25) is 14.7 Å². The second-order valence-corrected chi connectivity index (χ2v) is 10.5. The summed E-state index contributed by atoms with van der Waals surface area (Å²) < 4.78 is 43.0. The lowest BCUT2D eigenvalue weighted by atomic mass is 9.79. The summed E-state index contributed by atoms with van der Waals surface area (Å²) in [5.41, 5.74) is 2.79. The molecule has 0 radical (unpaired) electrons. The number of methoxy groups -OCH3 is 1. The van der Waals surface area contributed by atoms with E-state index in [2.05, 4.69) is 15.2 Å². The second-order valence-electron chi connectivity index (χ2n) is 9.54. The first-order chi connectivity index (χ1) is 18.4. The van der Waals surface area contributed by atoms with Gasteiger partial charge < -0.3 is 19.5 Å². The van der Waals surface area contributed by atoms with E-state index in [4.69, 9.17) is 19.2 Å². The van der Waals surface area contributed by atoms with E-state index in [0.29, 0.717) is 35.2 Å². The van der Waals surface area contributed by atoms with Gasteiger partial charge in [-0.1, -0.05) is 0 Å². The number of carbonyl (C=O) groups excluding carboxylic acids is 1. The fourth-order valence-corrected chi connectivity index (χ4v) is 5.41. The standard InChI is InChI=1S/C27H30F2N4O4S/c1-35-24-11-19(2-3-23(24)37-9-6-33-4-7-36-8-5-33)21-15-30-16-22(32-21)25-12-20(17-38-25)31-26(34)10-18-13-27(28,29)14-18/h2-3,11-12,15-18H,4-10,13-14H2,1H3,(H,31,34). The zero-order valence-corrected chi connectivity index (χ0v) is 21.9. The molecule has 2 aromatic heterocycles. The van der Waals surface area contributed by atoms with E-state index in [-0.39, 0.29) is 31.1 Å². The van der Waals surface area contributed by atoms with Gasteiger partial charge in [0.25, 0.3) is 0 Å². The van der Waals surface area contributed by atoms with Crippen LogP contribution < -0.4 is 14.8 Å². The highest BCUT2D eigenvalue weighted by molar-refractivity contribution is 7.14. The Balaban J connectivity index is 1.21. The first-order valence-electron chi connectivity index (χ1n) is 12.6. The van der Waals surface area contributed by atoms with Crippen LogP contribution in [0.2, 0.25) is 0 Å². The summed E-state index contributed by atoms with van der Waals surface area (Å²) in [7, 11) is 1.61. The Bertz CT molecular complexity index is 1260. The van der Waals surface area contributed by atoms with Crippen molar-refractivity contribution in [2.75, 3.05) is 51.9 Å². The topological polar surface area (TPSA) is 85.8 Å². The smallest absolute Gasteiger partial charge is 0.248 e. The third-order valence-electron chi connectivity index (χ3n) is 6.65. The lowest BCUT2D eigenvalue weighted by molar-refractivity contribution is -0.129. The molecule has 0 spiro atoms. The van der Waals surface area contributed by atoms with E-state index < -0.39 is 5.92 Å². The number of morpholine rings is 1. The van der Waals surface area contributed by atoms with Crippen molar-refractivity contribution in [3.8, 4) is 33.3 Å². The number of hydrogen-bond donors (Lipinski definition) is 1. The van der Waals surface area contributed by atoms with Crippen molar-refractivity contribution in [2.24, 2.45) is 5.92 Å². The summed E-state index contributed by atoms with van der Waals surface area (Å²) in [5.74, 6) is -1.86. The molecule has 1 aliphatic carbocycles. The Kier molecular flexibility index (Phi) is 8.15. The van der Waals surface area contributed by atoms with Crippen LogP contribution in [0.4, 0.5) is 14.5 Å². The van der Waals surface area contributed by atoms with Crippen LogP contribution in [0.5, 0.6) is 11.5 Å². The normalized spacial score (nSPS) is 17.6.